The third kappa shape index (κ3) is 2.17. The fourth-order valence-corrected chi connectivity index (χ4v) is 2.76. The van der Waals surface area contributed by atoms with E-state index < -0.39 is 0 Å². The first-order chi connectivity index (χ1) is 8.41. The van der Waals surface area contributed by atoms with E-state index in [-0.39, 0.29) is 6.04 Å². The number of aromatic amines is 1. The standard InChI is InChI=1S/C14H20N2OS/c1-8(2)13-7-15-14(18)16(13)10(4)12-6-9(3)17-11(12)5/h6-8,10H,1-5H3,(H,15,18). The van der Waals surface area contributed by atoms with Gasteiger partial charge in [-0.15, -0.1) is 0 Å². The first-order valence-corrected chi connectivity index (χ1v) is 6.69. The predicted octanol–water partition coefficient (Wildman–Crippen LogP) is 4.49. The van der Waals surface area contributed by atoms with Crippen LogP contribution in [0.3, 0.4) is 0 Å². The zero-order valence-electron chi connectivity index (χ0n) is 11.6. The number of H-pyrrole nitrogens is 1. The van der Waals surface area contributed by atoms with Crippen LogP contribution in [0.25, 0.3) is 0 Å². The Kier molecular flexibility index (Phi) is 3.48. The summed E-state index contributed by atoms with van der Waals surface area (Å²) in [7, 11) is 0. The minimum Gasteiger partial charge on any atom is -0.466 e. The second kappa shape index (κ2) is 4.76. The van der Waals surface area contributed by atoms with Gasteiger partial charge in [-0.2, -0.15) is 0 Å². The van der Waals surface area contributed by atoms with Crippen molar-refractivity contribution in [3.63, 3.8) is 0 Å². The number of aromatic nitrogens is 2. The molecular weight excluding hydrogens is 244 g/mol. The molecule has 2 aromatic heterocycles. The quantitative estimate of drug-likeness (QED) is 0.829. The van der Waals surface area contributed by atoms with Gasteiger partial charge in [-0.1, -0.05) is 13.8 Å². The Balaban J connectivity index is 2.52. The summed E-state index contributed by atoms with van der Waals surface area (Å²) < 4.78 is 8.56. The Morgan fingerprint density at radius 1 is 1.28 bits per heavy atom. The van der Waals surface area contributed by atoms with Crippen LogP contribution >= 0.6 is 12.2 Å². The van der Waals surface area contributed by atoms with E-state index >= 15 is 0 Å². The largest absolute Gasteiger partial charge is 0.466 e. The van der Waals surface area contributed by atoms with Gasteiger partial charge in [0.1, 0.15) is 11.5 Å². The third-order valence-electron chi connectivity index (χ3n) is 3.35. The van der Waals surface area contributed by atoms with Crippen molar-refractivity contribution in [2.24, 2.45) is 0 Å². The van der Waals surface area contributed by atoms with Gasteiger partial charge in [0.2, 0.25) is 0 Å². The molecule has 4 heteroatoms. The molecule has 0 saturated heterocycles. The number of nitrogens with one attached hydrogen (secondary N) is 1. The summed E-state index contributed by atoms with van der Waals surface area (Å²) in [5, 5.41) is 0. The molecule has 2 aromatic rings. The summed E-state index contributed by atoms with van der Waals surface area (Å²) in [5.74, 6) is 2.36. The molecule has 0 aliphatic heterocycles. The molecule has 0 bridgehead atoms. The summed E-state index contributed by atoms with van der Waals surface area (Å²) in [6, 6.07) is 2.29. The molecule has 0 saturated carbocycles. The second-order valence-electron chi connectivity index (χ2n) is 5.09. The van der Waals surface area contributed by atoms with Crippen LogP contribution < -0.4 is 0 Å². The van der Waals surface area contributed by atoms with E-state index in [0.717, 1.165) is 16.3 Å². The molecule has 3 nitrogen and oxygen atoms in total. The predicted molar refractivity (Wildman–Crippen MR) is 75.7 cm³/mol. The third-order valence-corrected chi connectivity index (χ3v) is 3.66. The highest BCUT2D eigenvalue weighted by Crippen LogP contribution is 2.28. The number of hydrogen-bond donors (Lipinski definition) is 1. The molecule has 0 aliphatic carbocycles. The Morgan fingerprint density at radius 2 is 1.94 bits per heavy atom. The Bertz CT molecular complexity index is 604. The van der Waals surface area contributed by atoms with Crippen molar-refractivity contribution in [1.82, 2.24) is 9.55 Å². The van der Waals surface area contributed by atoms with Crippen molar-refractivity contribution in [3.8, 4) is 0 Å². The minimum atomic E-state index is 0.193. The van der Waals surface area contributed by atoms with Gasteiger partial charge in [0.15, 0.2) is 4.77 Å². The van der Waals surface area contributed by atoms with Crippen LogP contribution in [0, 0.1) is 18.6 Å². The van der Waals surface area contributed by atoms with E-state index in [1.165, 1.54) is 11.3 Å². The highest BCUT2D eigenvalue weighted by molar-refractivity contribution is 7.71. The van der Waals surface area contributed by atoms with Crippen LogP contribution in [0.1, 0.15) is 55.5 Å². The van der Waals surface area contributed by atoms with Crippen molar-refractivity contribution in [3.05, 3.63) is 39.8 Å². The van der Waals surface area contributed by atoms with Gasteiger partial charge in [0.05, 0.1) is 6.04 Å². The lowest BCUT2D eigenvalue weighted by atomic mass is 10.1. The molecule has 2 heterocycles. The Morgan fingerprint density at radius 3 is 2.44 bits per heavy atom. The maximum Gasteiger partial charge on any atom is 0.177 e. The zero-order chi connectivity index (χ0) is 13.4. The molecule has 1 unspecified atom stereocenters. The zero-order valence-corrected chi connectivity index (χ0v) is 12.4. The van der Waals surface area contributed by atoms with Crippen LogP contribution in [0.15, 0.2) is 16.7 Å². The average molecular weight is 264 g/mol. The highest BCUT2D eigenvalue weighted by atomic mass is 32.1. The average Bonchev–Trinajstić information content (AvgIpc) is 2.81. The molecule has 98 valence electrons. The minimum absolute atomic E-state index is 0.193. The molecule has 0 aliphatic rings. The number of rotatable bonds is 3. The van der Waals surface area contributed by atoms with Crippen LogP contribution in [-0.2, 0) is 0 Å². The van der Waals surface area contributed by atoms with Gasteiger partial charge in [-0.05, 0) is 45.0 Å². The number of hydrogen-bond acceptors (Lipinski definition) is 2. The molecule has 0 amide bonds. The first kappa shape index (κ1) is 13.1. The normalized spacial score (nSPS) is 13.2. The van der Waals surface area contributed by atoms with Crippen LogP contribution in [0.2, 0.25) is 0 Å². The topological polar surface area (TPSA) is 33.9 Å². The van der Waals surface area contributed by atoms with E-state index in [0.29, 0.717) is 5.92 Å². The smallest absolute Gasteiger partial charge is 0.177 e. The molecule has 1 atom stereocenters. The van der Waals surface area contributed by atoms with Gasteiger partial charge in [-0.25, -0.2) is 0 Å². The van der Waals surface area contributed by atoms with Gasteiger partial charge >= 0.3 is 0 Å². The SMILES string of the molecule is Cc1cc(C(C)n2c(C(C)C)c[nH]c2=S)c(C)o1. The van der Waals surface area contributed by atoms with Gasteiger partial charge < -0.3 is 14.0 Å². The maximum absolute atomic E-state index is 5.62. The van der Waals surface area contributed by atoms with Crippen molar-refractivity contribution in [1.29, 1.82) is 0 Å². The lowest BCUT2D eigenvalue weighted by Crippen LogP contribution is -2.11. The number of nitrogens with zero attached hydrogens (tertiary/aromatic N) is 1. The van der Waals surface area contributed by atoms with E-state index in [1.807, 2.05) is 20.0 Å². The fraction of sp³-hybridized carbons (Fsp3) is 0.500. The Hall–Kier alpha value is -1.29. The van der Waals surface area contributed by atoms with Crippen LogP contribution in [-0.4, -0.2) is 9.55 Å². The summed E-state index contributed by atoms with van der Waals surface area (Å²) in [6.45, 7) is 10.5. The van der Waals surface area contributed by atoms with Gasteiger partial charge in [-0.3, -0.25) is 0 Å². The van der Waals surface area contributed by atoms with E-state index in [1.54, 1.807) is 0 Å². The number of imidazole rings is 1. The lowest BCUT2D eigenvalue weighted by molar-refractivity contribution is 0.491. The van der Waals surface area contributed by atoms with E-state index in [9.17, 15) is 0 Å². The summed E-state index contributed by atoms with van der Waals surface area (Å²) in [4.78, 5) is 3.14. The second-order valence-corrected chi connectivity index (χ2v) is 5.47. The lowest BCUT2D eigenvalue weighted by Gasteiger charge is -2.18. The fourth-order valence-electron chi connectivity index (χ4n) is 2.44. The molecule has 1 N–H and O–H groups in total. The van der Waals surface area contributed by atoms with Gasteiger partial charge in [0, 0.05) is 17.5 Å². The molecule has 18 heavy (non-hydrogen) atoms. The van der Waals surface area contributed by atoms with E-state index in [4.69, 9.17) is 16.6 Å². The van der Waals surface area contributed by atoms with Gasteiger partial charge in [0.25, 0.3) is 0 Å². The molecule has 0 fully saturated rings. The van der Waals surface area contributed by atoms with Crippen LogP contribution in [0.4, 0.5) is 0 Å². The van der Waals surface area contributed by atoms with Crippen molar-refractivity contribution < 1.29 is 4.42 Å². The summed E-state index contributed by atoms with van der Waals surface area (Å²) in [5.41, 5.74) is 2.43. The van der Waals surface area contributed by atoms with Crippen molar-refractivity contribution in [2.45, 2.75) is 46.6 Å². The molecule has 0 radical (unpaired) electrons. The number of aryl methyl sites for hydroxylation is 2. The first-order valence-electron chi connectivity index (χ1n) is 6.28. The highest BCUT2D eigenvalue weighted by Gasteiger charge is 2.19. The molecule has 0 aromatic carbocycles. The number of furan rings is 1. The van der Waals surface area contributed by atoms with E-state index in [2.05, 4.69) is 36.4 Å². The van der Waals surface area contributed by atoms with Crippen molar-refractivity contribution in [2.75, 3.05) is 0 Å². The molecular formula is C14H20N2OS. The monoisotopic (exact) mass is 264 g/mol. The Labute approximate surface area is 113 Å². The van der Waals surface area contributed by atoms with Crippen molar-refractivity contribution >= 4 is 12.2 Å². The molecule has 0 spiro atoms. The summed E-state index contributed by atoms with van der Waals surface area (Å²) >= 11 is 5.40. The maximum atomic E-state index is 5.62. The summed E-state index contributed by atoms with van der Waals surface area (Å²) in [6.07, 6.45) is 2.01. The molecule has 2 rings (SSSR count). The van der Waals surface area contributed by atoms with Crippen LogP contribution in [0.5, 0.6) is 0 Å².